The van der Waals surface area contributed by atoms with E-state index in [1.54, 1.807) is 24.9 Å². The van der Waals surface area contributed by atoms with Gasteiger partial charge in [-0.1, -0.05) is 6.07 Å². The first kappa shape index (κ1) is 17.3. The van der Waals surface area contributed by atoms with Gasteiger partial charge in [-0.05, 0) is 31.2 Å². The normalized spacial score (nSPS) is 11.5. The Morgan fingerprint density at radius 1 is 1.03 bits per heavy atom. The third-order valence-electron chi connectivity index (χ3n) is 5.22. The molecule has 1 aromatic carbocycles. The second-order valence-electron chi connectivity index (χ2n) is 7.38. The molecule has 0 spiro atoms. The molecule has 6 rings (SSSR count). The number of nitrogens with two attached hydrogens (primary N) is 1. The van der Waals surface area contributed by atoms with E-state index < -0.39 is 0 Å². The van der Waals surface area contributed by atoms with E-state index in [0.717, 1.165) is 44.6 Å². The Hall–Kier alpha value is -4.53. The fraction of sp³-hybridized carbons (Fsp3) is 0.0455. The van der Waals surface area contributed by atoms with Crippen LogP contribution in [0.15, 0.2) is 61.4 Å². The lowest BCUT2D eigenvalue weighted by Gasteiger charge is -2.02. The van der Waals surface area contributed by atoms with Crippen LogP contribution in [0.5, 0.6) is 0 Å². The molecule has 4 N–H and O–H groups in total. The van der Waals surface area contributed by atoms with Crippen LogP contribution in [0.2, 0.25) is 0 Å². The topological polar surface area (TPSA) is 127 Å². The lowest BCUT2D eigenvalue weighted by atomic mass is 10.1. The smallest absolute Gasteiger partial charge is 0.181 e. The second-order valence-corrected chi connectivity index (χ2v) is 7.38. The highest BCUT2D eigenvalue weighted by Gasteiger charge is 2.16. The highest BCUT2D eigenvalue weighted by molar-refractivity contribution is 5.94. The summed E-state index contributed by atoms with van der Waals surface area (Å²) in [6.07, 6.45) is 8.91. The van der Waals surface area contributed by atoms with Crippen LogP contribution in [0.25, 0.3) is 50.4 Å². The van der Waals surface area contributed by atoms with Crippen molar-refractivity contribution in [3.8, 4) is 28.3 Å². The molecule has 0 fully saturated rings. The van der Waals surface area contributed by atoms with Gasteiger partial charge in [-0.15, -0.1) is 0 Å². The number of hydrogen-bond donors (Lipinski definition) is 3. The van der Waals surface area contributed by atoms with Crippen molar-refractivity contribution >= 4 is 27.8 Å². The quantitative estimate of drug-likeness (QED) is 0.411. The Labute approximate surface area is 176 Å². The number of aromatic nitrogens is 8. The maximum Gasteiger partial charge on any atom is 0.181 e. The zero-order valence-electron chi connectivity index (χ0n) is 16.5. The number of anilines is 1. The van der Waals surface area contributed by atoms with Crippen molar-refractivity contribution in [3.05, 3.63) is 67.1 Å². The molecule has 0 aliphatic heterocycles. The molecule has 0 radical (unpaired) electrons. The summed E-state index contributed by atoms with van der Waals surface area (Å²) in [5.74, 6) is 0.687. The number of nitrogen functional groups attached to an aromatic ring is 1. The highest BCUT2D eigenvalue weighted by atomic mass is 15.2. The highest BCUT2D eigenvalue weighted by Crippen LogP contribution is 2.30. The average molecular weight is 407 g/mol. The van der Waals surface area contributed by atoms with Gasteiger partial charge in [0, 0.05) is 35.9 Å². The van der Waals surface area contributed by atoms with Gasteiger partial charge in [0.1, 0.15) is 11.2 Å². The van der Waals surface area contributed by atoms with Crippen molar-refractivity contribution in [3.63, 3.8) is 0 Å². The first-order chi connectivity index (χ1) is 15.2. The Morgan fingerprint density at radius 3 is 2.77 bits per heavy atom. The minimum Gasteiger partial charge on any atom is -0.397 e. The van der Waals surface area contributed by atoms with Gasteiger partial charge in [0.25, 0.3) is 0 Å². The Bertz CT molecular complexity index is 1570. The molecule has 0 unspecified atom stereocenters. The molecule has 0 amide bonds. The van der Waals surface area contributed by atoms with Crippen LogP contribution in [0.3, 0.4) is 0 Å². The van der Waals surface area contributed by atoms with Crippen LogP contribution < -0.4 is 5.73 Å². The lowest BCUT2D eigenvalue weighted by Crippen LogP contribution is -1.91. The van der Waals surface area contributed by atoms with Crippen molar-refractivity contribution in [2.24, 2.45) is 0 Å². The summed E-state index contributed by atoms with van der Waals surface area (Å²) >= 11 is 0. The lowest BCUT2D eigenvalue weighted by molar-refractivity contribution is 1.06. The molecule has 9 heteroatoms. The fourth-order valence-corrected chi connectivity index (χ4v) is 3.75. The standard InChI is InChI=1S/C22H17N9/c1-12-10-31(11-26-12)18-4-2-3-17-20(18)28-22(27-17)19-16-6-14(8-25-21(16)30-29-19)13-5-15(23)9-24-7-13/h2-11H,23H2,1H3,(H,27,28)(H,25,29,30). The summed E-state index contributed by atoms with van der Waals surface area (Å²) in [6.45, 7) is 1.96. The van der Waals surface area contributed by atoms with Crippen molar-refractivity contribution in [1.82, 2.24) is 39.7 Å². The van der Waals surface area contributed by atoms with Crippen molar-refractivity contribution in [2.75, 3.05) is 5.73 Å². The maximum atomic E-state index is 5.89. The molecule has 150 valence electrons. The van der Waals surface area contributed by atoms with Gasteiger partial charge in [-0.3, -0.25) is 10.1 Å². The van der Waals surface area contributed by atoms with E-state index in [-0.39, 0.29) is 0 Å². The number of aryl methyl sites for hydroxylation is 1. The summed E-state index contributed by atoms with van der Waals surface area (Å²) in [5, 5.41) is 8.29. The van der Waals surface area contributed by atoms with E-state index in [9.17, 15) is 0 Å². The SMILES string of the molecule is Cc1cn(-c2cccc3[nH]c(-c4[nH]nc5ncc(-c6cncc(N)c6)cc45)nc23)cn1. The Kier molecular flexibility index (Phi) is 3.63. The van der Waals surface area contributed by atoms with Gasteiger partial charge >= 0.3 is 0 Å². The fourth-order valence-electron chi connectivity index (χ4n) is 3.75. The largest absolute Gasteiger partial charge is 0.397 e. The Morgan fingerprint density at radius 2 is 1.94 bits per heavy atom. The summed E-state index contributed by atoms with van der Waals surface area (Å²) < 4.78 is 1.97. The van der Waals surface area contributed by atoms with E-state index in [0.29, 0.717) is 17.2 Å². The maximum absolute atomic E-state index is 5.89. The molecule has 5 aromatic heterocycles. The third-order valence-corrected chi connectivity index (χ3v) is 5.22. The van der Waals surface area contributed by atoms with Crippen LogP contribution in [0.1, 0.15) is 5.69 Å². The monoisotopic (exact) mass is 407 g/mol. The molecule has 0 saturated carbocycles. The van der Waals surface area contributed by atoms with Crippen molar-refractivity contribution < 1.29 is 0 Å². The van der Waals surface area contributed by atoms with Gasteiger partial charge in [0.05, 0.1) is 34.3 Å². The first-order valence-corrected chi connectivity index (χ1v) is 9.71. The molecule has 0 aliphatic carbocycles. The molecule has 5 heterocycles. The van der Waals surface area contributed by atoms with Crippen molar-refractivity contribution in [1.29, 1.82) is 0 Å². The van der Waals surface area contributed by atoms with Gasteiger partial charge in [-0.2, -0.15) is 5.10 Å². The second kappa shape index (κ2) is 6.49. The average Bonchev–Trinajstić information content (AvgIpc) is 3.50. The van der Waals surface area contributed by atoms with Crippen LogP contribution in [-0.4, -0.2) is 39.7 Å². The molecule has 6 aromatic rings. The summed E-state index contributed by atoms with van der Waals surface area (Å²) in [6, 6.07) is 9.90. The zero-order valence-corrected chi connectivity index (χ0v) is 16.5. The number of benzene rings is 1. The van der Waals surface area contributed by atoms with E-state index in [1.807, 2.05) is 48.0 Å². The molecule has 0 atom stereocenters. The zero-order chi connectivity index (χ0) is 20.9. The number of nitrogens with zero attached hydrogens (tertiary/aromatic N) is 6. The van der Waals surface area contributed by atoms with E-state index in [4.69, 9.17) is 10.7 Å². The third kappa shape index (κ3) is 2.83. The van der Waals surface area contributed by atoms with E-state index in [2.05, 4.69) is 30.1 Å². The van der Waals surface area contributed by atoms with E-state index in [1.165, 1.54) is 0 Å². The van der Waals surface area contributed by atoms with Crippen LogP contribution in [-0.2, 0) is 0 Å². The molecular weight excluding hydrogens is 390 g/mol. The molecule has 0 aliphatic rings. The number of pyridine rings is 2. The number of fused-ring (bicyclic) bond motifs is 2. The minimum absolute atomic E-state index is 0.601. The number of rotatable bonds is 3. The van der Waals surface area contributed by atoms with Crippen LogP contribution >= 0.6 is 0 Å². The van der Waals surface area contributed by atoms with Crippen LogP contribution in [0, 0.1) is 6.92 Å². The summed E-state index contributed by atoms with van der Waals surface area (Å²) in [7, 11) is 0. The van der Waals surface area contributed by atoms with Gasteiger partial charge in [0.15, 0.2) is 11.5 Å². The molecule has 31 heavy (non-hydrogen) atoms. The number of H-pyrrole nitrogens is 2. The predicted molar refractivity (Wildman–Crippen MR) is 118 cm³/mol. The molecule has 0 saturated heterocycles. The van der Waals surface area contributed by atoms with Gasteiger partial charge in [0.2, 0.25) is 0 Å². The van der Waals surface area contributed by atoms with Crippen molar-refractivity contribution in [2.45, 2.75) is 6.92 Å². The number of aromatic amines is 2. The molecule has 9 nitrogen and oxygen atoms in total. The first-order valence-electron chi connectivity index (χ1n) is 9.71. The van der Waals surface area contributed by atoms with Gasteiger partial charge < -0.3 is 15.3 Å². The molecular formula is C22H17N9. The number of hydrogen-bond acceptors (Lipinski definition) is 6. The Balaban J connectivity index is 1.51. The predicted octanol–water partition coefficient (Wildman–Crippen LogP) is 3.64. The number of nitrogens with one attached hydrogen (secondary N) is 2. The van der Waals surface area contributed by atoms with Gasteiger partial charge in [-0.25, -0.2) is 15.0 Å². The van der Waals surface area contributed by atoms with Crippen LogP contribution in [0.4, 0.5) is 5.69 Å². The molecule has 0 bridgehead atoms. The summed E-state index contributed by atoms with van der Waals surface area (Å²) in [4.78, 5) is 21.3. The minimum atomic E-state index is 0.601. The summed E-state index contributed by atoms with van der Waals surface area (Å²) in [5.41, 5.74) is 13.3. The number of para-hydroxylation sites is 1. The number of imidazole rings is 2. The van der Waals surface area contributed by atoms with E-state index >= 15 is 0 Å².